The molecule has 0 spiro atoms. The quantitative estimate of drug-likeness (QED) is 0.0103. The van der Waals surface area contributed by atoms with Crippen LogP contribution in [0.15, 0.2) is 83.7 Å². The van der Waals surface area contributed by atoms with E-state index in [-0.39, 0.29) is 121 Å². The van der Waals surface area contributed by atoms with E-state index in [0.29, 0.717) is 32.4 Å². The number of unbranched alkanes of at least 4 members (excludes halogenated alkanes) is 19. The number of aliphatic carboxylic acids is 2. The Hall–Kier alpha value is -9.49. The third-order valence-corrected chi connectivity index (χ3v) is 22.2. The van der Waals surface area contributed by atoms with E-state index in [9.17, 15) is 62.0 Å². The molecule has 0 radical (unpaired) electrons. The van der Waals surface area contributed by atoms with Gasteiger partial charge in [0.1, 0.15) is 18.4 Å². The van der Waals surface area contributed by atoms with E-state index in [4.69, 9.17) is 52.0 Å². The van der Waals surface area contributed by atoms with Gasteiger partial charge in [-0.3, -0.25) is 53.0 Å². The van der Waals surface area contributed by atoms with Gasteiger partial charge in [-0.2, -0.15) is 15.9 Å². The van der Waals surface area contributed by atoms with Gasteiger partial charge in [0, 0.05) is 101 Å². The molecule has 134 heavy (non-hydrogen) atoms. The summed E-state index contributed by atoms with van der Waals surface area (Å²) in [6, 6.07) is 16.9. The summed E-state index contributed by atoms with van der Waals surface area (Å²) in [4.78, 5) is 131. The number of benzene rings is 2. The Labute approximate surface area is 822 Å². The number of carbonyl (C=O) groups excluding carboxylic acids is 9. The van der Waals surface area contributed by atoms with Crippen molar-refractivity contribution in [2.24, 2.45) is 23.7 Å². The van der Waals surface area contributed by atoms with Crippen LogP contribution in [0, 0.1) is 104 Å². The van der Waals surface area contributed by atoms with Gasteiger partial charge in [0.15, 0.2) is 0 Å². The van der Waals surface area contributed by atoms with E-state index < -0.39 is 38.2 Å². The van der Waals surface area contributed by atoms with Gasteiger partial charge < -0.3 is 51.8 Å². The van der Waals surface area contributed by atoms with Crippen LogP contribution in [0.5, 0.6) is 0 Å². The van der Waals surface area contributed by atoms with E-state index in [2.05, 4.69) is 102 Å². The molecule has 0 fully saturated rings. The van der Waals surface area contributed by atoms with Crippen molar-refractivity contribution in [3.8, 4) is 78.9 Å². The molecular formula is C107H164FLiN6O17P2. The molecule has 6 rings (SSSR count). The number of alkyl carbamates (subject to hydrolysis) is 1. The van der Waals surface area contributed by atoms with Crippen molar-refractivity contribution in [3.05, 3.63) is 102 Å². The molecule has 2 aromatic carbocycles. The number of halogens is 1. The first-order valence-electron chi connectivity index (χ1n) is 48.0. The number of hydrogen-bond acceptors (Lipinski definition) is 16. The molecular weight excluding hydrogens is 1730 g/mol. The third-order valence-electron chi connectivity index (χ3n) is 21.5. The van der Waals surface area contributed by atoms with Crippen molar-refractivity contribution < 1.29 is 105 Å². The Bertz CT molecular complexity index is 3990. The number of nitriles is 1. The molecule has 10 atom stereocenters. The standard InChI is InChI=1S/C27H40N2O3.C22H25NO4.C19H29NO2.C10H17NO2.C9H14O2.C8H13FO2P2.C4H8O2.C4H9.C2H3N.C2H6.Li/c1-6-8-10-12-16-21(3)26(31)28-19-15-14-18-24-23(5)20-25(30)29(24)27(32)22(4)17-13-11-9-7-2;1-2-3-4-13-20(21(24)25)23-22(26)27-14-19-17-11-7-5-9-15(17)16-10-6-8-12-18(16)19;1-5-7-9-11-12-15(3)19(22)20-17(13-10-8-6-2)16(4)14-18(20)21;1-3-4-5-6-8-9(13-2)7-10(12)11-8;1-3-4-5-6-7-8(2)9(10)11;1-2-3-4-5-6-7-8(10)11-13(9)12;1-3-6-4(2)5;1-3-4-2;1-2-3;1-2;/h1-2,20-22,24H,8-19H2,3-5H3,(H,28,31);5-12,19-20H,2-4,13-14H2,1H3,(H,23,26)(H,24,25);1,14-15,17H,6-13H2,2-4H3;7-8H,3-6H2,1-2H3,(H,11,12);1,8H,4-7H2,2H3,(H,10,11);1H,3-7,12H2;3H2,1-2H3;1,3-4H2,2H3;1H3;1-2H3;/q;;;;;;;-1;;;+1/t21-,22-,24+;20-;15-,17+;2*8-;;;;;;/m10101....../s1. The number of esters is 1. The number of fused-ring (bicyclic) bond motifs is 3. The van der Waals surface area contributed by atoms with Crippen LogP contribution in [-0.4, -0.2) is 136 Å². The Morgan fingerprint density at radius 2 is 0.963 bits per heavy atom. The first kappa shape index (κ1) is 133. The number of terminal acetylenes is 5. The van der Waals surface area contributed by atoms with Gasteiger partial charge in [-0.1, -0.05) is 214 Å². The Balaban J connectivity index is -0.000000496. The molecule has 0 saturated heterocycles. The van der Waals surface area contributed by atoms with Crippen LogP contribution < -0.4 is 34.8 Å². The van der Waals surface area contributed by atoms with Crippen LogP contribution in [0.2, 0.25) is 0 Å². The molecule has 23 nitrogen and oxygen atoms in total. The van der Waals surface area contributed by atoms with Gasteiger partial charge in [-0.15, -0.1) is 61.7 Å². The molecule has 742 valence electrons. The molecule has 27 heteroatoms. The number of ether oxygens (including phenoxy) is 3. The second-order valence-electron chi connectivity index (χ2n) is 32.6. The van der Waals surface area contributed by atoms with Crippen molar-refractivity contribution >= 4 is 82.5 Å². The molecule has 0 saturated carbocycles. The maximum Gasteiger partial charge on any atom is 1.00 e. The predicted octanol–water partition coefficient (Wildman–Crippen LogP) is 20.7. The van der Waals surface area contributed by atoms with Gasteiger partial charge in [0.25, 0.3) is 20.0 Å². The maximum absolute atomic E-state index is 12.9. The minimum absolute atomic E-state index is 0. The molecule has 1 aliphatic carbocycles. The van der Waals surface area contributed by atoms with Crippen molar-refractivity contribution in [1.82, 2.24) is 25.8 Å². The summed E-state index contributed by atoms with van der Waals surface area (Å²) in [6.07, 6.45) is 63.5. The molecule has 2 unspecified atom stereocenters. The van der Waals surface area contributed by atoms with Gasteiger partial charge in [-0.05, 0) is 166 Å². The molecule has 0 aromatic heterocycles. The molecule has 5 N–H and O–H groups in total. The zero-order valence-electron chi connectivity index (χ0n) is 84.4. The number of hydrogen-bond donors (Lipinski definition) is 5. The van der Waals surface area contributed by atoms with Gasteiger partial charge >= 0.3 is 48.8 Å². The Morgan fingerprint density at radius 3 is 1.34 bits per heavy atom. The number of amides is 7. The topological polar surface area (TPSA) is 332 Å². The van der Waals surface area contributed by atoms with Crippen LogP contribution in [0.4, 0.5) is 8.99 Å². The summed E-state index contributed by atoms with van der Waals surface area (Å²) < 4.78 is 31.4. The number of methoxy groups -OCH3 is 1. The van der Waals surface area contributed by atoms with Crippen LogP contribution in [0.25, 0.3) is 11.1 Å². The fourth-order valence-electron chi connectivity index (χ4n) is 14.0. The minimum atomic E-state index is -2.13. The van der Waals surface area contributed by atoms with Gasteiger partial charge in [-0.25, -0.2) is 9.59 Å². The Morgan fingerprint density at radius 1 is 0.567 bits per heavy atom. The monoisotopic (exact) mass is 1890 g/mol. The largest absolute Gasteiger partial charge is 1.00 e. The fraction of sp³-hybridized carbons (Fsp3) is 0.617. The summed E-state index contributed by atoms with van der Waals surface area (Å²) >= 11 is 0. The van der Waals surface area contributed by atoms with Crippen molar-refractivity contribution in [2.45, 2.75) is 378 Å². The molecule has 0 bridgehead atoms. The minimum Gasteiger partial charge on any atom is -0.499 e. The van der Waals surface area contributed by atoms with Crippen molar-refractivity contribution in [2.75, 3.05) is 26.9 Å². The van der Waals surface area contributed by atoms with E-state index >= 15 is 0 Å². The van der Waals surface area contributed by atoms with E-state index in [1.165, 1.54) is 49.0 Å². The van der Waals surface area contributed by atoms with Crippen molar-refractivity contribution in [1.29, 1.82) is 5.26 Å². The SMILES string of the molecule is C#CCCCCCC(=O)OP(F)P.C#CCCCC[C@@H](C)C(=O)N1C(=O)C=C(C)[C@@H]1CCCCC.C#CCCCC[C@@H](C)C(=O)NCCCC[C@H]1C(C)=CC(=O)N1C(=O)[C@H](C)CCCCC#C.C#CCCCC[C@@H](C)C(=O)O.CC.CC#N.CCCCC[C@@H]1NC(=O)C=C1OC.CCCCC[C@H](NC(=O)OCC1c2ccccc2-c2ccccc21)C(=O)O.CCOC(C)=O.[CH2-]CCC.[Li+]. The first-order chi connectivity index (χ1) is 63.7. The second kappa shape index (κ2) is 87.5. The molecule has 3 aliphatic heterocycles. The number of imide groups is 2. The number of rotatable bonds is 50. The summed E-state index contributed by atoms with van der Waals surface area (Å²) in [5.74, 6) is 10.2. The first-order valence-corrected chi connectivity index (χ1v) is 50.8. The van der Waals surface area contributed by atoms with Gasteiger partial charge in [0.2, 0.25) is 23.6 Å². The normalized spacial score (nSPS) is 14.8. The number of carbonyl (C=O) groups is 11. The average Bonchev–Trinajstić information content (AvgIpc) is 1.62. The Kier molecular flexibility index (Phi) is 86.9. The van der Waals surface area contributed by atoms with Crippen LogP contribution >= 0.6 is 17.1 Å². The number of nitrogens with one attached hydrogen (secondary N) is 3. The van der Waals surface area contributed by atoms with Crippen molar-refractivity contribution in [3.63, 3.8) is 0 Å². The second-order valence-corrected chi connectivity index (χ2v) is 34.5. The van der Waals surface area contributed by atoms with Crippen LogP contribution in [-0.2, 0) is 66.7 Å². The van der Waals surface area contributed by atoms with E-state index in [0.717, 1.165) is 238 Å². The number of carboxylic acid groups (broad SMARTS) is 2. The number of carboxylic acids is 2. The van der Waals surface area contributed by atoms with E-state index in [1.807, 2.05) is 93.8 Å². The summed E-state index contributed by atoms with van der Waals surface area (Å²) in [5.41, 5.74) is 6.53. The molecule has 3 heterocycles. The summed E-state index contributed by atoms with van der Waals surface area (Å²) in [5, 5.41) is 33.5. The third kappa shape index (κ3) is 62.9. The summed E-state index contributed by atoms with van der Waals surface area (Å²) in [6.45, 7) is 33.3. The fourth-order valence-corrected chi connectivity index (χ4v) is 14.6. The van der Waals surface area contributed by atoms with E-state index in [1.54, 1.807) is 39.2 Å². The zero-order chi connectivity index (χ0) is 101. The molecule has 7 amide bonds. The zero-order valence-corrected chi connectivity index (χ0v) is 86.4. The smallest absolute Gasteiger partial charge is 0.499 e. The predicted molar refractivity (Wildman–Crippen MR) is 539 cm³/mol. The van der Waals surface area contributed by atoms with Crippen LogP contribution in [0.3, 0.4) is 0 Å². The van der Waals surface area contributed by atoms with Crippen LogP contribution in [0.1, 0.15) is 365 Å². The molecule has 2 aromatic rings. The number of nitrogens with zero attached hydrogens (tertiary/aromatic N) is 3. The average molecular weight is 1890 g/mol. The summed E-state index contributed by atoms with van der Waals surface area (Å²) in [7, 11) is 1.30. The van der Waals surface area contributed by atoms with Gasteiger partial charge in [0.05, 0.1) is 43.8 Å². The maximum atomic E-state index is 12.9. The molecule has 4 aliphatic rings.